The van der Waals surface area contributed by atoms with E-state index in [9.17, 15) is 13.9 Å². The molecule has 0 spiro atoms. The molecule has 0 unspecified atom stereocenters. The quantitative estimate of drug-likeness (QED) is 0.934. The fourth-order valence-corrected chi connectivity index (χ4v) is 2.90. The van der Waals surface area contributed by atoms with Gasteiger partial charge in [-0.1, -0.05) is 0 Å². The van der Waals surface area contributed by atoms with E-state index in [1.807, 2.05) is 4.90 Å². The molecule has 2 heterocycles. The van der Waals surface area contributed by atoms with Crippen molar-refractivity contribution in [2.24, 2.45) is 0 Å². The van der Waals surface area contributed by atoms with Gasteiger partial charge < -0.3 is 9.84 Å². The molecular formula is C16H17F2N3O2. The lowest BCUT2D eigenvalue weighted by molar-refractivity contribution is 0.171. The molecule has 1 aliphatic heterocycles. The minimum atomic E-state index is -0.589. The van der Waals surface area contributed by atoms with Gasteiger partial charge >= 0.3 is 0 Å². The van der Waals surface area contributed by atoms with E-state index >= 15 is 0 Å². The number of halogens is 2. The topological polar surface area (TPSA) is 58.5 Å². The van der Waals surface area contributed by atoms with Gasteiger partial charge in [-0.25, -0.2) is 8.78 Å². The van der Waals surface area contributed by atoms with Crippen molar-refractivity contribution in [3.05, 3.63) is 53.2 Å². The molecule has 23 heavy (non-hydrogen) atoms. The normalized spacial score (nSPS) is 21.6. The lowest BCUT2D eigenvalue weighted by Gasteiger charge is -2.24. The van der Waals surface area contributed by atoms with Crippen LogP contribution < -0.4 is 4.74 Å². The summed E-state index contributed by atoms with van der Waals surface area (Å²) in [6.45, 7) is 0.753. The van der Waals surface area contributed by atoms with Crippen LogP contribution in [0.5, 0.6) is 5.88 Å². The molecule has 1 fully saturated rings. The summed E-state index contributed by atoms with van der Waals surface area (Å²) in [4.78, 5) is 1.87. The first-order valence-electron chi connectivity index (χ1n) is 7.30. The Hall–Kier alpha value is -2.12. The molecule has 5 nitrogen and oxygen atoms in total. The fraction of sp³-hybridized carbons (Fsp3) is 0.375. The zero-order valence-electron chi connectivity index (χ0n) is 12.6. The van der Waals surface area contributed by atoms with Crippen LogP contribution >= 0.6 is 0 Å². The summed E-state index contributed by atoms with van der Waals surface area (Å²) < 4.78 is 32.4. The summed E-state index contributed by atoms with van der Waals surface area (Å²) in [6, 6.07) is 6.43. The molecule has 1 aliphatic rings. The van der Waals surface area contributed by atoms with E-state index in [0.29, 0.717) is 31.1 Å². The zero-order valence-corrected chi connectivity index (χ0v) is 12.6. The molecule has 0 amide bonds. The van der Waals surface area contributed by atoms with Crippen molar-refractivity contribution in [3.63, 3.8) is 0 Å². The number of hydrogen-bond donors (Lipinski definition) is 1. The molecule has 0 bridgehead atoms. The number of hydrogen-bond acceptors (Lipinski definition) is 5. The number of nitrogens with zero attached hydrogens (tertiary/aromatic N) is 3. The number of ether oxygens (including phenoxy) is 1. The second-order valence-corrected chi connectivity index (χ2v) is 5.57. The minimum Gasteiger partial charge on any atom is -0.480 e. The number of rotatable bonds is 4. The average Bonchev–Trinajstić information content (AvgIpc) is 2.91. The average molecular weight is 321 g/mol. The van der Waals surface area contributed by atoms with E-state index in [4.69, 9.17) is 4.74 Å². The number of methoxy groups -OCH3 is 1. The second-order valence-electron chi connectivity index (χ2n) is 5.57. The maximum atomic E-state index is 14.0. The van der Waals surface area contributed by atoms with Gasteiger partial charge in [0.1, 0.15) is 11.6 Å². The van der Waals surface area contributed by atoms with Gasteiger partial charge in [-0.2, -0.15) is 5.10 Å². The molecule has 0 radical (unpaired) electrons. The SMILES string of the molecule is COc1ccc(CN2C[C@@H](O)C[C@H]2c2cc(F)ccc2F)nn1. The van der Waals surface area contributed by atoms with Crippen molar-refractivity contribution in [1.29, 1.82) is 0 Å². The molecule has 1 N–H and O–H groups in total. The number of likely N-dealkylation sites (tertiary alicyclic amines) is 1. The van der Waals surface area contributed by atoms with Gasteiger partial charge in [-0.3, -0.25) is 4.90 Å². The highest BCUT2D eigenvalue weighted by Gasteiger charge is 2.34. The second kappa shape index (κ2) is 6.55. The summed E-state index contributed by atoms with van der Waals surface area (Å²) in [7, 11) is 1.50. The lowest BCUT2D eigenvalue weighted by atomic mass is 10.0. The number of β-amino-alcohol motifs (C(OH)–C–C–N with tert-alkyl or cyclic N) is 1. The highest BCUT2D eigenvalue weighted by Crippen LogP contribution is 2.34. The smallest absolute Gasteiger partial charge is 0.233 e. The maximum Gasteiger partial charge on any atom is 0.233 e. The van der Waals surface area contributed by atoms with E-state index in [1.165, 1.54) is 13.2 Å². The van der Waals surface area contributed by atoms with Crippen molar-refractivity contribution in [2.45, 2.75) is 25.1 Å². The number of aliphatic hydroxyl groups excluding tert-OH is 1. The van der Waals surface area contributed by atoms with Crippen molar-refractivity contribution in [1.82, 2.24) is 15.1 Å². The van der Waals surface area contributed by atoms with Crippen LogP contribution in [0.1, 0.15) is 23.7 Å². The standard InChI is InChI=1S/C16H17F2N3O2/c1-23-16-5-3-11(19-20-16)8-21-9-12(22)7-15(21)13-6-10(17)2-4-14(13)18/h2-6,12,15,22H,7-9H2,1H3/t12-,15-/m0/s1. The van der Waals surface area contributed by atoms with Crippen molar-refractivity contribution in [3.8, 4) is 5.88 Å². The van der Waals surface area contributed by atoms with Crippen molar-refractivity contribution in [2.75, 3.05) is 13.7 Å². The predicted octanol–water partition coefficient (Wildman–Crippen LogP) is 2.07. The van der Waals surface area contributed by atoms with Gasteiger partial charge in [-0.15, -0.1) is 5.10 Å². The van der Waals surface area contributed by atoms with Gasteiger partial charge in [0.05, 0.1) is 18.9 Å². The van der Waals surface area contributed by atoms with Gasteiger partial charge in [0, 0.05) is 30.8 Å². The third kappa shape index (κ3) is 3.46. The third-order valence-corrected chi connectivity index (χ3v) is 3.97. The van der Waals surface area contributed by atoms with E-state index in [1.54, 1.807) is 12.1 Å². The Bertz CT molecular complexity index is 682. The first-order valence-corrected chi connectivity index (χ1v) is 7.30. The van der Waals surface area contributed by atoms with Gasteiger partial charge in [0.25, 0.3) is 0 Å². The van der Waals surface area contributed by atoms with Crippen molar-refractivity contribution < 1.29 is 18.6 Å². The van der Waals surface area contributed by atoms with Crippen molar-refractivity contribution >= 4 is 0 Å². The highest BCUT2D eigenvalue weighted by molar-refractivity contribution is 5.24. The van der Waals surface area contributed by atoms with Gasteiger partial charge in [0.15, 0.2) is 0 Å². The van der Waals surface area contributed by atoms with Crippen LogP contribution in [0.3, 0.4) is 0 Å². The zero-order chi connectivity index (χ0) is 16.4. The summed E-state index contributed by atoms with van der Waals surface area (Å²) in [5, 5.41) is 17.9. The summed E-state index contributed by atoms with van der Waals surface area (Å²) in [6.07, 6.45) is -0.238. The van der Waals surface area contributed by atoms with Crippen LogP contribution in [0.4, 0.5) is 8.78 Å². The van der Waals surface area contributed by atoms with Gasteiger partial charge in [-0.05, 0) is 30.7 Å². The Labute approximate surface area is 132 Å². The van der Waals surface area contributed by atoms with E-state index < -0.39 is 23.8 Å². The minimum absolute atomic E-state index is 0.253. The van der Waals surface area contributed by atoms with E-state index in [2.05, 4.69) is 10.2 Å². The number of benzene rings is 1. The van der Waals surface area contributed by atoms with Crippen LogP contribution in [0.15, 0.2) is 30.3 Å². The Balaban J connectivity index is 1.83. The predicted molar refractivity (Wildman–Crippen MR) is 78.7 cm³/mol. The monoisotopic (exact) mass is 321 g/mol. The first kappa shape index (κ1) is 15.8. The number of aromatic nitrogens is 2. The maximum absolute atomic E-state index is 14.0. The van der Waals surface area contributed by atoms with Crippen LogP contribution in [0.25, 0.3) is 0 Å². The first-order chi connectivity index (χ1) is 11.1. The van der Waals surface area contributed by atoms with E-state index in [0.717, 1.165) is 12.1 Å². The summed E-state index contributed by atoms with van der Waals surface area (Å²) in [5.74, 6) is -0.564. The summed E-state index contributed by atoms with van der Waals surface area (Å²) in [5.41, 5.74) is 0.921. The largest absolute Gasteiger partial charge is 0.480 e. The van der Waals surface area contributed by atoms with Crippen LogP contribution in [0.2, 0.25) is 0 Å². The molecule has 7 heteroatoms. The Morgan fingerprint density at radius 2 is 2.09 bits per heavy atom. The molecule has 1 aromatic heterocycles. The third-order valence-electron chi connectivity index (χ3n) is 3.97. The molecular weight excluding hydrogens is 304 g/mol. The van der Waals surface area contributed by atoms with Gasteiger partial charge in [0.2, 0.25) is 5.88 Å². The molecule has 0 aliphatic carbocycles. The fourth-order valence-electron chi connectivity index (χ4n) is 2.90. The molecule has 1 saturated heterocycles. The van der Waals surface area contributed by atoms with Crippen LogP contribution in [0, 0.1) is 11.6 Å². The Morgan fingerprint density at radius 3 is 2.78 bits per heavy atom. The highest BCUT2D eigenvalue weighted by atomic mass is 19.1. The van der Waals surface area contributed by atoms with Crippen LogP contribution in [-0.2, 0) is 6.54 Å². The molecule has 122 valence electrons. The molecule has 1 aromatic carbocycles. The molecule has 2 aromatic rings. The Morgan fingerprint density at radius 1 is 1.26 bits per heavy atom. The molecule has 3 rings (SSSR count). The number of aliphatic hydroxyl groups is 1. The van der Waals surface area contributed by atoms with E-state index in [-0.39, 0.29) is 5.56 Å². The summed E-state index contributed by atoms with van der Waals surface area (Å²) >= 11 is 0. The molecule has 2 atom stereocenters. The van der Waals surface area contributed by atoms with Crippen LogP contribution in [-0.4, -0.2) is 40.0 Å². The Kier molecular flexibility index (Phi) is 4.49. The molecule has 0 saturated carbocycles. The lowest BCUT2D eigenvalue weighted by Crippen LogP contribution is -2.25.